The van der Waals surface area contributed by atoms with Crippen molar-refractivity contribution in [3.63, 3.8) is 0 Å². The highest BCUT2D eigenvalue weighted by Crippen LogP contribution is 2.28. The molecule has 0 bridgehead atoms. The SMILES string of the molecule is CC(COc1ccc(-c2ccccc2Cc2ccc(OCCN3CCCC3)cc2)cc1)NC(=O)OC(C)(C)C. The van der Waals surface area contributed by atoms with Crippen LogP contribution in [-0.2, 0) is 11.2 Å². The Morgan fingerprint density at radius 2 is 1.54 bits per heavy atom. The van der Waals surface area contributed by atoms with E-state index < -0.39 is 11.7 Å². The minimum atomic E-state index is -0.526. The van der Waals surface area contributed by atoms with Crippen LogP contribution in [0, 0.1) is 0 Å². The van der Waals surface area contributed by atoms with Crippen molar-refractivity contribution in [1.29, 1.82) is 0 Å². The third-order valence-corrected chi connectivity index (χ3v) is 6.64. The maximum absolute atomic E-state index is 12.0. The molecular weight excluding hydrogens is 488 g/mol. The Morgan fingerprint density at radius 1 is 0.897 bits per heavy atom. The maximum Gasteiger partial charge on any atom is 0.407 e. The smallest absolute Gasteiger partial charge is 0.407 e. The van der Waals surface area contributed by atoms with E-state index in [1.165, 1.54) is 42.6 Å². The summed E-state index contributed by atoms with van der Waals surface area (Å²) in [7, 11) is 0. The first kappa shape index (κ1) is 28.5. The zero-order valence-electron chi connectivity index (χ0n) is 23.7. The lowest BCUT2D eigenvalue weighted by Crippen LogP contribution is -2.40. The molecule has 0 aliphatic carbocycles. The standard InChI is InChI=1S/C33H42N2O4/c1-25(34-32(36)39-33(2,3)4)24-38-30-17-13-27(14-18-30)31-10-6-5-9-28(31)23-26-11-15-29(16-12-26)37-22-21-35-19-7-8-20-35/h5-6,9-18,25H,7-8,19-24H2,1-4H3,(H,34,36). The summed E-state index contributed by atoms with van der Waals surface area (Å²) in [4.78, 5) is 14.4. The quantitative estimate of drug-likeness (QED) is 0.299. The van der Waals surface area contributed by atoms with Gasteiger partial charge in [0.1, 0.15) is 30.3 Å². The van der Waals surface area contributed by atoms with Crippen LogP contribution in [-0.4, -0.2) is 55.5 Å². The molecule has 3 aromatic rings. The number of carbonyl (C=O) groups excluding carboxylic acids is 1. The molecule has 1 fully saturated rings. The summed E-state index contributed by atoms with van der Waals surface area (Å²) in [5, 5.41) is 2.80. The van der Waals surface area contributed by atoms with Gasteiger partial charge in [0, 0.05) is 6.54 Å². The minimum absolute atomic E-state index is 0.179. The monoisotopic (exact) mass is 530 g/mol. The van der Waals surface area contributed by atoms with E-state index in [4.69, 9.17) is 14.2 Å². The zero-order valence-corrected chi connectivity index (χ0v) is 23.7. The normalized spacial score (nSPS) is 14.6. The van der Waals surface area contributed by atoms with Crippen molar-refractivity contribution < 1.29 is 19.0 Å². The Labute approximate surface area is 233 Å². The van der Waals surface area contributed by atoms with E-state index in [0.29, 0.717) is 6.61 Å². The van der Waals surface area contributed by atoms with Gasteiger partial charge in [-0.05, 0) is 107 Å². The number of amides is 1. The largest absolute Gasteiger partial charge is 0.492 e. The molecule has 0 saturated carbocycles. The fourth-order valence-corrected chi connectivity index (χ4v) is 4.68. The van der Waals surface area contributed by atoms with Gasteiger partial charge in [-0.25, -0.2) is 4.79 Å². The first-order valence-electron chi connectivity index (χ1n) is 14.0. The van der Waals surface area contributed by atoms with Crippen molar-refractivity contribution in [3.05, 3.63) is 83.9 Å². The van der Waals surface area contributed by atoms with E-state index >= 15 is 0 Å². The lowest BCUT2D eigenvalue weighted by Gasteiger charge is -2.22. The van der Waals surface area contributed by atoms with E-state index in [9.17, 15) is 4.79 Å². The van der Waals surface area contributed by atoms with Crippen LogP contribution < -0.4 is 14.8 Å². The number of nitrogens with one attached hydrogen (secondary N) is 1. The summed E-state index contributed by atoms with van der Waals surface area (Å²) in [5.74, 6) is 1.69. The van der Waals surface area contributed by atoms with Crippen LogP contribution in [0.25, 0.3) is 11.1 Å². The molecule has 1 saturated heterocycles. The first-order valence-corrected chi connectivity index (χ1v) is 14.0. The molecule has 6 heteroatoms. The average Bonchev–Trinajstić information content (AvgIpc) is 3.42. The molecule has 3 aromatic carbocycles. The summed E-state index contributed by atoms with van der Waals surface area (Å²) in [6.45, 7) is 11.9. The predicted molar refractivity (Wildman–Crippen MR) is 157 cm³/mol. The van der Waals surface area contributed by atoms with Crippen LogP contribution in [0.3, 0.4) is 0 Å². The topological polar surface area (TPSA) is 60.0 Å². The molecule has 1 heterocycles. The van der Waals surface area contributed by atoms with Gasteiger partial charge in [0.25, 0.3) is 0 Å². The molecule has 0 spiro atoms. The highest BCUT2D eigenvalue weighted by molar-refractivity contribution is 5.69. The van der Waals surface area contributed by atoms with Crippen molar-refractivity contribution in [3.8, 4) is 22.6 Å². The van der Waals surface area contributed by atoms with Gasteiger partial charge in [-0.3, -0.25) is 4.90 Å². The summed E-state index contributed by atoms with van der Waals surface area (Å²) in [6.07, 6.45) is 3.02. The second-order valence-electron chi connectivity index (χ2n) is 11.3. The maximum atomic E-state index is 12.0. The number of hydrogen-bond donors (Lipinski definition) is 1. The summed E-state index contributed by atoms with van der Waals surface area (Å²) >= 11 is 0. The van der Waals surface area contributed by atoms with E-state index in [1.807, 2.05) is 39.8 Å². The minimum Gasteiger partial charge on any atom is -0.492 e. The third kappa shape index (κ3) is 9.32. The zero-order chi connectivity index (χ0) is 27.7. The predicted octanol–water partition coefficient (Wildman–Crippen LogP) is 6.71. The van der Waals surface area contributed by atoms with E-state index in [-0.39, 0.29) is 6.04 Å². The molecular formula is C33H42N2O4. The Bertz CT molecular complexity index is 1180. The Hall–Kier alpha value is -3.51. The molecule has 4 rings (SSSR count). The molecule has 1 amide bonds. The number of alkyl carbamates (subject to hydrolysis) is 1. The van der Waals surface area contributed by atoms with Gasteiger partial charge in [0.2, 0.25) is 0 Å². The first-order chi connectivity index (χ1) is 18.7. The Kier molecular flexibility index (Phi) is 9.88. The van der Waals surface area contributed by atoms with E-state index in [1.54, 1.807) is 0 Å². The van der Waals surface area contributed by atoms with Crippen LogP contribution in [0.4, 0.5) is 4.79 Å². The second-order valence-corrected chi connectivity index (χ2v) is 11.3. The summed E-state index contributed by atoms with van der Waals surface area (Å²) in [6, 6.07) is 24.9. The van der Waals surface area contributed by atoms with Crippen molar-refractivity contribution in [1.82, 2.24) is 10.2 Å². The van der Waals surface area contributed by atoms with Crippen molar-refractivity contribution in [2.45, 2.75) is 58.6 Å². The highest BCUT2D eigenvalue weighted by atomic mass is 16.6. The van der Waals surface area contributed by atoms with Gasteiger partial charge in [-0.15, -0.1) is 0 Å². The highest BCUT2D eigenvalue weighted by Gasteiger charge is 2.18. The number of nitrogens with zero attached hydrogens (tertiary/aromatic N) is 1. The number of carbonyl (C=O) groups is 1. The summed E-state index contributed by atoms with van der Waals surface area (Å²) < 4.78 is 17.2. The lowest BCUT2D eigenvalue weighted by molar-refractivity contribution is 0.0494. The fourth-order valence-electron chi connectivity index (χ4n) is 4.68. The Balaban J connectivity index is 1.30. The molecule has 1 atom stereocenters. The molecule has 0 aromatic heterocycles. The van der Waals surface area contributed by atoms with Crippen LogP contribution in [0.1, 0.15) is 51.7 Å². The van der Waals surface area contributed by atoms with Crippen LogP contribution >= 0.6 is 0 Å². The van der Waals surface area contributed by atoms with Crippen molar-refractivity contribution in [2.75, 3.05) is 32.8 Å². The molecule has 39 heavy (non-hydrogen) atoms. The molecule has 1 unspecified atom stereocenters. The number of hydrogen-bond acceptors (Lipinski definition) is 5. The molecule has 6 nitrogen and oxygen atoms in total. The molecule has 1 aliphatic heterocycles. The fraction of sp³-hybridized carbons (Fsp3) is 0.424. The van der Waals surface area contributed by atoms with Crippen LogP contribution in [0.5, 0.6) is 11.5 Å². The van der Waals surface area contributed by atoms with Crippen LogP contribution in [0.2, 0.25) is 0 Å². The summed E-state index contributed by atoms with van der Waals surface area (Å²) in [5.41, 5.74) is 4.33. The van der Waals surface area contributed by atoms with Gasteiger partial charge in [-0.2, -0.15) is 0 Å². The van der Waals surface area contributed by atoms with Gasteiger partial charge >= 0.3 is 6.09 Å². The van der Waals surface area contributed by atoms with Crippen molar-refractivity contribution >= 4 is 6.09 Å². The molecule has 1 aliphatic rings. The number of likely N-dealkylation sites (tertiary alicyclic amines) is 1. The van der Waals surface area contributed by atoms with Gasteiger partial charge in [-0.1, -0.05) is 48.5 Å². The molecule has 208 valence electrons. The third-order valence-electron chi connectivity index (χ3n) is 6.64. The van der Waals surface area contributed by atoms with Crippen molar-refractivity contribution in [2.24, 2.45) is 0 Å². The molecule has 1 N–H and O–H groups in total. The Morgan fingerprint density at radius 3 is 2.23 bits per heavy atom. The second kappa shape index (κ2) is 13.5. The number of rotatable bonds is 11. The van der Waals surface area contributed by atoms with E-state index in [0.717, 1.165) is 36.6 Å². The van der Waals surface area contributed by atoms with E-state index in [2.05, 4.69) is 70.9 Å². The van der Waals surface area contributed by atoms with Gasteiger partial charge < -0.3 is 19.5 Å². The number of ether oxygens (including phenoxy) is 3. The van der Waals surface area contributed by atoms with Gasteiger partial charge in [0.15, 0.2) is 0 Å². The lowest BCUT2D eigenvalue weighted by atomic mass is 9.95. The number of benzene rings is 3. The average molecular weight is 531 g/mol. The molecule has 0 radical (unpaired) electrons. The van der Waals surface area contributed by atoms with Crippen LogP contribution in [0.15, 0.2) is 72.8 Å². The van der Waals surface area contributed by atoms with Gasteiger partial charge in [0.05, 0.1) is 6.04 Å².